The third-order valence-electron chi connectivity index (χ3n) is 4.03. The van der Waals surface area contributed by atoms with Gasteiger partial charge < -0.3 is 5.73 Å². The SMILES string of the molecule is CC(NC1c2ccccc2CCC1(C)C)C(N)=O. The molecule has 0 aromatic heterocycles. The lowest BCUT2D eigenvalue weighted by molar-refractivity contribution is -0.120. The number of amides is 1. The van der Waals surface area contributed by atoms with E-state index in [-0.39, 0.29) is 23.4 Å². The molecule has 0 fully saturated rings. The topological polar surface area (TPSA) is 55.1 Å². The van der Waals surface area contributed by atoms with Gasteiger partial charge in [0.15, 0.2) is 0 Å². The van der Waals surface area contributed by atoms with E-state index in [0.717, 1.165) is 12.8 Å². The van der Waals surface area contributed by atoms with Crippen LogP contribution in [-0.2, 0) is 11.2 Å². The number of carbonyl (C=O) groups is 1. The fourth-order valence-electron chi connectivity index (χ4n) is 2.71. The maximum absolute atomic E-state index is 11.3. The third-order valence-corrected chi connectivity index (χ3v) is 4.03. The summed E-state index contributed by atoms with van der Waals surface area (Å²) in [5.74, 6) is -0.297. The van der Waals surface area contributed by atoms with E-state index in [0.29, 0.717) is 0 Å². The van der Waals surface area contributed by atoms with Crippen molar-refractivity contribution in [1.29, 1.82) is 0 Å². The Labute approximate surface area is 109 Å². The van der Waals surface area contributed by atoms with Crippen LogP contribution in [-0.4, -0.2) is 11.9 Å². The van der Waals surface area contributed by atoms with E-state index in [1.807, 2.05) is 6.92 Å². The molecule has 3 heteroatoms. The van der Waals surface area contributed by atoms with Crippen LogP contribution in [0.25, 0.3) is 0 Å². The summed E-state index contributed by atoms with van der Waals surface area (Å²) in [7, 11) is 0. The molecule has 0 aliphatic heterocycles. The molecule has 98 valence electrons. The zero-order valence-electron chi connectivity index (χ0n) is 11.4. The quantitative estimate of drug-likeness (QED) is 0.858. The molecule has 2 rings (SSSR count). The molecule has 1 amide bonds. The standard InChI is InChI=1S/C15H22N2O/c1-10(14(16)18)17-13-12-7-5-4-6-11(12)8-9-15(13,2)3/h4-7,10,13,17H,8-9H2,1-3H3,(H2,16,18). The summed E-state index contributed by atoms with van der Waals surface area (Å²) in [6.45, 7) is 6.32. The summed E-state index contributed by atoms with van der Waals surface area (Å²) in [5, 5.41) is 3.39. The zero-order chi connectivity index (χ0) is 13.3. The molecule has 2 unspecified atom stereocenters. The molecule has 0 radical (unpaired) electrons. The normalized spacial score (nSPS) is 23.2. The Bertz CT molecular complexity index is 454. The number of nitrogens with one attached hydrogen (secondary N) is 1. The molecule has 3 nitrogen and oxygen atoms in total. The minimum absolute atomic E-state index is 0.137. The summed E-state index contributed by atoms with van der Waals surface area (Å²) in [4.78, 5) is 11.3. The highest BCUT2D eigenvalue weighted by Crippen LogP contribution is 2.43. The first-order chi connectivity index (χ1) is 8.42. The molecule has 3 N–H and O–H groups in total. The third kappa shape index (κ3) is 2.41. The molecule has 1 aliphatic rings. The molecule has 0 saturated carbocycles. The lowest BCUT2D eigenvalue weighted by atomic mass is 9.70. The average molecular weight is 246 g/mol. The van der Waals surface area contributed by atoms with E-state index in [9.17, 15) is 4.79 Å². The van der Waals surface area contributed by atoms with Gasteiger partial charge in [-0.15, -0.1) is 0 Å². The van der Waals surface area contributed by atoms with Crippen molar-refractivity contribution in [2.75, 3.05) is 0 Å². The van der Waals surface area contributed by atoms with Crippen molar-refractivity contribution < 1.29 is 4.79 Å². The van der Waals surface area contributed by atoms with Crippen LogP contribution in [0.5, 0.6) is 0 Å². The van der Waals surface area contributed by atoms with E-state index in [1.54, 1.807) is 0 Å². The highest BCUT2D eigenvalue weighted by Gasteiger charge is 2.36. The van der Waals surface area contributed by atoms with Crippen LogP contribution >= 0.6 is 0 Å². The minimum Gasteiger partial charge on any atom is -0.368 e. The van der Waals surface area contributed by atoms with E-state index in [4.69, 9.17) is 5.73 Å². The predicted octanol–water partition coefficient (Wildman–Crippen LogP) is 2.16. The van der Waals surface area contributed by atoms with Gasteiger partial charge in [0.1, 0.15) is 0 Å². The number of nitrogens with two attached hydrogens (primary N) is 1. The Morgan fingerprint density at radius 2 is 2.11 bits per heavy atom. The Kier molecular flexibility index (Phi) is 3.44. The predicted molar refractivity (Wildman–Crippen MR) is 73.1 cm³/mol. The Morgan fingerprint density at radius 3 is 2.78 bits per heavy atom. The van der Waals surface area contributed by atoms with Crippen molar-refractivity contribution in [1.82, 2.24) is 5.32 Å². The Morgan fingerprint density at radius 1 is 1.44 bits per heavy atom. The summed E-state index contributed by atoms with van der Waals surface area (Å²) in [6, 6.07) is 8.34. The molecular weight excluding hydrogens is 224 g/mol. The van der Waals surface area contributed by atoms with Gasteiger partial charge >= 0.3 is 0 Å². The first kappa shape index (κ1) is 13.1. The van der Waals surface area contributed by atoms with E-state index >= 15 is 0 Å². The number of hydrogen-bond donors (Lipinski definition) is 2. The van der Waals surface area contributed by atoms with Crippen LogP contribution in [0.2, 0.25) is 0 Å². The number of hydrogen-bond acceptors (Lipinski definition) is 2. The average Bonchev–Trinajstić information content (AvgIpc) is 2.32. The van der Waals surface area contributed by atoms with Gasteiger partial charge in [-0.3, -0.25) is 10.1 Å². The van der Waals surface area contributed by atoms with Crippen LogP contribution < -0.4 is 11.1 Å². The number of benzene rings is 1. The summed E-state index contributed by atoms with van der Waals surface area (Å²) in [5.41, 5.74) is 8.19. The van der Waals surface area contributed by atoms with Crippen LogP contribution in [0.4, 0.5) is 0 Å². The number of fused-ring (bicyclic) bond motifs is 1. The lowest BCUT2D eigenvalue weighted by Gasteiger charge is -2.41. The first-order valence-electron chi connectivity index (χ1n) is 6.55. The van der Waals surface area contributed by atoms with Gasteiger partial charge in [0.2, 0.25) is 5.91 Å². The Balaban J connectivity index is 2.33. The first-order valence-corrected chi connectivity index (χ1v) is 6.55. The van der Waals surface area contributed by atoms with Crippen molar-refractivity contribution in [2.45, 2.75) is 45.7 Å². The molecule has 2 atom stereocenters. The highest BCUT2D eigenvalue weighted by atomic mass is 16.1. The molecule has 0 heterocycles. The van der Waals surface area contributed by atoms with Gasteiger partial charge in [-0.05, 0) is 36.3 Å². The number of primary amides is 1. The number of aryl methyl sites for hydroxylation is 1. The molecule has 1 aliphatic carbocycles. The van der Waals surface area contributed by atoms with Gasteiger partial charge in [0, 0.05) is 6.04 Å². The lowest BCUT2D eigenvalue weighted by Crippen LogP contribution is -2.47. The summed E-state index contributed by atoms with van der Waals surface area (Å²) >= 11 is 0. The van der Waals surface area contributed by atoms with E-state index in [1.165, 1.54) is 11.1 Å². The van der Waals surface area contributed by atoms with Crippen molar-refractivity contribution in [3.63, 3.8) is 0 Å². The summed E-state index contributed by atoms with van der Waals surface area (Å²) in [6.07, 6.45) is 2.22. The minimum atomic E-state index is -0.305. The van der Waals surface area contributed by atoms with Gasteiger partial charge in [-0.2, -0.15) is 0 Å². The maximum atomic E-state index is 11.3. The van der Waals surface area contributed by atoms with Crippen LogP contribution in [0.3, 0.4) is 0 Å². The zero-order valence-corrected chi connectivity index (χ0v) is 11.4. The van der Waals surface area contributed by atoms with Gasteiger partial charge in [-0.25, -0.2) is 0 Å². The van der Waals surface area contributed by atoms with Crippen LogP contribution in [0, 0.1) is 5.41 Å². The molecule has 1 aromatic carbocycles. The number of carbonyl (C=O) groups excluding carboxylic acids is 1. The van der Waals surface area contributed by atoms with Crippen molar-refractivity contribution in [2.24, 2.45) is 11.1 Å². The molecule has 1 aromatic rings. The molecule has 18 heavy (non-hydrogen) atoms. The maximum Gasteiger partial charge on any atom is 0.234 e. The van der Waals surface area contributed by atoms with Crippen LogP contribution in [0.15, 0.2) is 24.3 Å². The molecule has 0 bridgehead atoms. The van der Waals surface area contributed by atoms with Gasteiger partial charge in [0.05, 0.1) is 6.04 Å². The van der Waals surface area contributed by atoms with E-state index in [2.05, 4.69) is 43.4 Å². The monoisotopic (exact) mass is 246 g/mol. The smallest absolute Gasteiger partial charge is 0.234 e. The fraction of sp³-hybridized carbons (Fsp3) is 0.533. The molecular formula is C15H22N2O. The van der Waals surface area contributed by atoms with Crippen molar-refractivity contribution in [3.8, 4) is 0 Å². The fourth-order valence-corrected chi connectivity index (χ4v) is 2.71. The van der Waals surface area contributed by atoms with E-state index < -0.39 is 0 Å². The second-order valence-electron chi connectivity index (χ2n) is 5.91. The van der Waals surface area contributed by atoms with Crippen LogP contribution in [0.1, 0.15) is 44.4 Å². The Hall–Kier alpha value is -1.35. The second-order valence-corrected chi connectivity index (χ2v) is 5.91. The highest BCUT2D eigenvalue weighted by molar-refractivity contribution is 5.79. The summed E-state index contributed by atoms with van der Waals surface area (Å²) < 4.78 is 0. The molecule has 0 spiro atoms. The molecule has 0 saturated heterocycles. The van der Waals surface area contributed by atoms with Crippen molar-refractivity contribution in [3.05, 3.63) is 35.4 Å². The van der Waals surface area contributed by atoms with Crippen molar-refractivity contribution >= 4 is 5.91 Å². The van der Waals surface area contributed by atoms with Gasteiger partial charge in [0.25, 0.3) is 0 Å². The largest absolute Gasteiger partial charge is 0.368 e. The second kappa shape index (κ2) is 4.73. The number of rotatable bonds is 3. The van der Waals surface area contributed by atoms with Gasteiger partial charge in [-0.1, -0.05) is 38.1 Å².